The van der Waals surface area contributed by atoms with Crippen LogP contribution >= 0.6 is 0 Å². The summed E-state index contributed by atoms with van der Waals surface area (Å²) in [6, 6.07) is 3.89. The van der Waals surface area contributed by atoms with Gasteiger partial charge in [0.05, 0.1) is 12.4 Å². The number of imidazole rings is 1. The topological polar surface area (TPSA) is 52.2 Å². The van der Waals surface area contributed by atoms with Gasteiger partial charge >= 0.3 is 0 Å². The molecule has 1 aliphatic heterocycles. The van der Waals surface area contributed by atoms with Crippen molar-refractivity contribution in [3.8, 4) is 0 Å². The van der Waals surface area contributed by atoms with Crippen molar-refractivity contribution in [3.63, 3.8) is 0 Å². The third-order valence-corrected chi connectivity index (χ3v) is 4.03. The molecule has 1 N–H and O–H groups in total. The van der Waals surface area contributed by atoms with Crippen molar-refractivity contribution in [2.24, 2.45) is 7.05 Å². The highest BCUT2D eigenvalue weighted by molar-refractivity contribution is 5.15. The number of aromatic nitrogens is 2. The Kier molecular flexibility index (Phi) is 4.72. The fraction of sp³-hybridized carbons (Fsp3) is 0.562. The number of hydrogen-bond donors (Lipinski definition) is 1. The van der Waals surface area contributed by atoms with E-state index in [9.17, 15) is 0 Å². The minimum absolute atomic E-state index is 0.0106. The maximum atomic E-state index is 5.78. The Labute approximate surface area is 125 Å². The van der Waals surface area contributed by atoms with Gasteiger partial charge in [-0.3, -0.25) is 0 Å². The van der Waals surface area contributed by atoms with Crippen LogP contribution in [0.1, 0.15) is 43.3 Å². The molecular weight excluding hydrogens is 266 g/mol. The van der Waals surface area contributed by atoms with E-state index in [4.69, 9.17) is 9.15 Å². The van der Waals surface area contributed by atoms with Crippen molar-refractivity contribution in [2.45, 2.75) is 37.8 Å². The normalized spacial score (nSPS) is 20.5. The summed E-state index contributed by atoms with van der Waals surface area (Å²) in [6.45, 7) is 1.80. The van der Waals surface area contributed by atoms with E-state index in [0.29, 0.717) is 6.10 Å². The fourth-order valence-corrected chi connectivity index (χ4v) is 2.85. The lowest BCUT2D eigenvalue weighted by Gasteiger charge is -2.24. The molecule has 5 heteroatoms. The van der Waals surface area contributed by atoms with Crippen LogP contribution in [-0.4, -0.2) is 28.8 Å². The van der Waals surface area contributed by atoms with Crippen LogP contribution in [0, 0.1) is 0 Å². The second-order valence-electron chi connectivity index (χ2n) is 5.58. The monoisotopic (exact) mass is 289 g/mol. The summed E-state index contributed by atoms with van der Waals surface area (Å²) in [5, 5.41) is 3.56. The molecule has 3 heterocycles. The summed E-state index contributed by atoms with van der Waals surface area (Å²) in [5.41, 5.74) is 0. The molecule has 1 saturated heterocycles. The molecule has 1 aliphatic rings. The first-order valence-electron chi connectivity index (χ1n) is 7.70. The molecule has 2 atom stereocenters. The van der Waals surface area contributed by atoms with Gasteiger partial charge in [-0.15, -0.1) is 0 Å². The van der Waals surface area contributed by atoms with Crippen molar-refractivity contribution in [1.29, 1.82) is 0 Å². The molecule has 3 rings (SSSR count). The highest BCUT2D eigenvalue weighted by atomic mass is 16.5. The van der Waals surface area contributed by atoms with Crippen LogP contribution in [0.2, 0.25) is 0 Å². The lowest BCUT2D eigenvalue weighted by Crippen LogP contribution is -2.29. The first-order chi connectivity index (χ1) is 10.3. The number of aryl methyl sites for hydroxylation is 1. The Hall–Kier alpha value is -1.59. The van der Waals surface area contributed by atoms with E-state index in [2.05, 4.69) is 10.3 Å². The van der Waals surface area contributed by atoms with E-state index in [-0.39, 0.29) is 6.04 Å². The zero-order valence-corrected chi connectivity index (χ0v) is 12.5. The lowest BCUT2D eigenvalue weighted by molar-refractivity contribution is 0.0112. The van der Waals surface area contributed by atoms with Crippen LogP contribution in [0.15, 0.2) is 35.2 Å². The molecule has 0 spiro atoms. The third-order valence-electron chi connectivity index (χ3n) is 4.03. The predicted molar refractivity (Wildman–Crippen MR) is 80.0 cm³/mol. The molecule has 0 amide bonds. The van der Waals surface area contributed by atoms with Gasteiger partial charge in [-0.2, -0.15) is 0 Å². The van der Waals surface area contributed by atoms with Gasteiger partial charge in [0.2, 0.25) is 0 Å². The second-order valence-corrected chi connectivity index (χ2v) is 5.58. The molecule has 1 fully saturated rings. The quantitative estimate of drug-likeness (QED) is 0.888. The van der Waals surface area contributed by atoms with Gasteiger partial charge in [0, 0.05) is 26.0 Å². The Morgan fingerprint density at radius 3 is 3.10 bits per heavy atom. The first kappa shape index (κ1) is 14.4. The summed E-state index contributed by atoms with van der Waals surface area (Å²) in [5.74, 6) is 1.86. The number of nitrogens with one attached hydrogen (secondary N) is 1. The first-order valence-corrected chi connectivity index (χ1v) is 7.70. The molecule has 0 bridgehead atoms. The second kappa shape index (κ2) is 6.91. The van der Waals surface area contributed by atoms with Crippen LogP contribution in [-0.2, 0) is 11.8 Å². The van der Waals surface area contributed by atoms with E-state index in [1.807, 2.05) is 36.1 Å². The molecule has 21 heavy (non-hydrogen) atoms. The number of rotatable bonds is 6. The van der Waals surface area contributed by atoms with E-state index in [1.54, 1.807) is 6.26 Å². The van der Waals surface area contributed by atoms with Crippen molar-refractivity contribution in [2.75, 3.05) is 13.2 Å². The SMILES string of the molecule is Cn1ccnc1C(NCCC1CCCCO1)c1ccco1. The average Bonchev–Trinajstić information content (AvgIpc) is 3.17. The Morgan fingerprint density at radius 2 is 2.43 bits per heavy atom. The zero-order chi connectivity index (χ0) is 14.5. The van der Waals surface area contributed by atoms with E-state index in [1.165, 1.54) is 19.3 Å². The number of furan rings is 1. The number of nitrogens with zero attached hydrogens (tertiary/aromatic N) is 2. The summed E-state index contributed by atoms with van der Waals surface area (Å²) in [4.78, 5) is 4.45. The minimum atomic E-state index is -0.0106. The summed E-state index contributed by atoms with van der Waals surface area (Å²) < 4.78 is 13.4. The number of hydrogen-bond acceptors (Lipinski definition) is 4. The lowest BCUT2D eigenvalue weighted by atomic mass is 10.1. The maximum absolute atomic E-state index is 5.78. The minimum Gasteiger partial charge on any atom is -0.467 e. The van der Waals surface area contributed by atoms with Gasteiger partial charge in [0.15, 0.2) is 0 Å². The molecule has 2 unspecified atom stereocenters. The van der Waals surface area contributed by atoms with Gasteiger partial charge in [0.25, 0.3) is 0 Å². The average molecular weight is 289 g/mol. The van der Waals surface area contributed by atoms with Crippen LogP contribution in [0.3, 0.4) is 0 Å². The molecule has 0 radical (unpaired) electrons. The highest BCUT2D eigenvalue weighted by Crippen LogP contribution is 2.21. The van der Waals surface area contributed by atoms with Crippen LogP contribution in [0.5, 0.6) is 0 Å². The van der Waals surface area contributed by atoms with Crippen LogP contribution in [0.4, 0.5) is 0 Å². The van der Waals surface area contributed by atoms with Crippen molar-refractivity contribution >= 4 is 0 Å². The van der Waals surface area contributed by atoms with E-state index < -0.39 is 0 Å². The molecular formula is C16H23N3O2. The van der Waals surface area contributed by atoms with Gasteiger partial charge in [-0.25, -0.2) is 4.98 Å². The maximum Gasteiger partial charge on any atom is 0.133 e. The zero-order valence-electron chi connectivity index (χ0n) is 12.5. The predicted octanol–water partition coefficient (Wildman–Crippen LogP) is 2.65. The summed E-state index contributed by atoms with van der Waals surface area (Å²) >= 11 is 0. The van der Waals surface area contributed by atoms with Crippen molar-refractivity contribution in [3.05, 3.63) is 42.4 Å². The Morgan fingerprint density at radius 1 is 1.48 bits per heavy atom. The largest absolute Gasteiger partial charge is 0.467 e. The molecule has 0 aromatic carbocycles. The Balaban J connectivity index is 1.62. The Bertz CT molecular complexity index is 529. The highest BCUT2D eigenvalue weighted by Gasteiger charge is 2.21. The van der Waals surface area contributed by atoms with Gasteiger partial charge in [-0.05, 0) is 44.4 Å². The summed E-state index contributed by atoms with van der Waals surface area (Å²) in [7, 11) is 2.00. The molecule has 5 nitrogen and oxygen atoms in total. The van der Waals surface area contributed by atoms with Crippen LogP contribution < -0.4 is 5.32 Å². The molecule has 2 aromatic rings. The number of ether oxygens (including phenoxy) is 1. The van der Waals surface area contributed by atoms with Gasteiger partial charge in [-0.1, -0.05) is 0 Å². The van der Waals surface area contributed by atoms with Crippen LogP contribution in [0.25, 0.3) is 0 Å². The molecule has 0 saturated carbocycles. The third kappa shape index (κ3) is 3.54. The molecule has 2 aromatic heterocycles. The standard InChI is InChI=1S/C16H23N3O2/c1-19-10-9-18-16(19)15(14-6-4-12-21-14)17-8-7-13-5-2-3-11-20-13/h4,6,9-10,12-13,15,17H,2-3,5,7-8,11H2,1H3. The van der Waals surface area contributed by atoms with E-state index in [0.717, 1.165) is 31.2 Å². The van der Waals surface area contributed by atoms with Gasteiger partial charge in [0.1, 0.15) is 17.6 Å². The molecule has 114 valence electrons. The van der Waals surface area contributed by atoms with Crippen molar-refractivity contribution in [1.82, 2.24) is 14.9 Å². The van der Waals surface area contributed by atoms with E-state index >= 15 is 0 Å². The molecule has 0 aliphatic carbocycles. The van der Waals surface area contributed by atoms with Gasteiger partial charge < -0.3 is 19.0 Å². The smallest absolute Gasteiger partial charge is 0.133 e. The summed E-state index contributed by atoms with van der Waals surface area (Å²) in [6.07, 6.45) is 10.6. The fourth-order valence-electron chi connectivity index (χ4n) is 2.85. The van der Waals surface area contributed by atoms with Crippen molar-refractivity contribution < 1.29 is 9.15 Å².